The van der Waals surface area contributed by atoms with Gasteiger partial charge in [0.1, 0.15) is 10.8 Å². The maximum absolute atomic E-state index is 12.9. The van der Waals surface area contributed by atoms with Gasteiger partial charge in [-0.3, -0.25) is 4.79 Å². The van der Waals surface area contributed by atoms with Gasteiger partial charge in [-0.25, -0.2) is 4.98 Å². The van der Waals surface area contributed by atoms with Gasteiger partial charge in [0, 0.05) is 18.0 Å². The molecule has 2 heterocycles. The van der Waals surface area contributed by atoms with E-state index in [1.165, 1.54) is 11.1 Å². The fraction of sp³-hybridized carbons (Fsp3) is 0.273. The Labute approximate surface area is 163 Å². The molecule has 27 heavy (non-hydrogen) atoms. The third-order valence-electron chi connectivity index (χ3n) is 5.03. The Balaban J connectivity index is 1.52. The van der Waals surface area contributed by atoms with Crippen molar-refractivity contribution in [3.05, 3.63) is 70.2 Å². The Kier molecular flexibility index (Phi) is 4.94. The molecule has 0 radical (unpaired) electrons. The molecule has 2 aromatic carbocycles. The van der Waals surface area contributed by atoms with Crippen LogP contribution >= 0.6 is 11.3 Å². The molecule has 0 spiro atoms. The van der Waals surface area contributed by atoms with Crippen LogP contribution in [0.25, 0.3) is 10.6 Å². The van der Waals surface area contributed by atoms with Crippen molar-refractivity contribution < 1.29 is 9.53 Å². The molecule has 5 heteroatoms. The van der Waals surface area contributed by atoms with Gasteiger partial charge in [-0.2, -0.15) is 0 Å². The Morgan fingerprint density at radius 3 is 2.70 bits per heavy atom. The molecule has 1 amide bonds. The first-order valence-electron chi connectivity index (χ1n) is 9.10. The van der Waals surface area contributed by atoms with Crippen molar-refractivity contribution in [1.82, 2.24) is 9.88 Å². The van der Waals surface area contributed by atoms with Gasteiger partial charge >= 0.3 is 0 Å². The molecule has 0 N–H and O–H groups in total. The molecule has 138 valence electrons. The van der Waals surface area contributed by atoms with Crippen molar-refractivity contribution in [3.8, 4) is 16.3 Å². The Morgan fingerprint density at radius 2 is 1.89 bits per heavy atom. The van der Waals surface area contributed by atoms with Gasteiger partial charge < -0.3 is 9.64 Å². The summed E-state index contributed by atoms with van der Waals surface area (Å²) in [5, 5.41) is 0.900. The van der Waals surface area contributed by atoms with Crippen LogP contribution in [0.2, 0.25) is 0 Å². The number of methoxy groups -OCH3 is 1. The minimum Gasteiger partial charge on any atom is -0.496 e. The van der Waals surface area contributed by atoms with Crippen LogP contribution in [0.4, 0.5) is 0 Å². The highest BCUT2D eigenvalue weighted by atomic mass is 32.1. The molecule has 1 aromatic heterocycles. The van der Waals surface area contributed by atoms with E-state index in [9.17, 15) is 4.79 Å². The van der Waals surface area contributed by atoms with Crippen LogP contribution < -0.4 is 4.74 Å². The first kappa shape index (κ1) is 17.7. The second-order valence-electron chi connectivity index (χ2n) is 6.74. The summed E-state index contributed by atoms with van der Waals surface area (Å²) >= 11 is 1.58. The molecule has 0 bridgehead atoms. The zero-order valence-corrected chi connectivity index (χ0v) is 16.4. The molecular weight excluding hydrogens is 356 g/mol. The summed E-state index contributed by atoms with van der Waals surface area (Å²) in [6.07, 6.45) is 1.33. The molecule has 3 aromatic rings. The number of nitrogens with zero attached hydrogens (tertiary/aromatic N) is 2. The first-order chi connectivity index (χ1) is 13.2. The summed E-state index contributed by atoms with van der Waals surface area (Å²) in [5.74, 6) is 0.972. The second-order valence-corrected chi connectivity index (χ2v) is 7.82. The Bertz CT molecular complexity index is 980. The van der Waals surface area contributed by atoms with Crippen molar-refractivity contribution in [2.24, 2.45) is 0 Å². The third-order valence-corrected chi connectivity index (χ3v) is 6.22. The fourth-order valence-electron chi connectivity index (χ4n) is 3.49. The smallest absolute Gasteiger partial charge is 0.228 e. The van der Waals surface area contributed by atoms with E-state index in [4.69, 9.17) is 9.72 Å². The van der Waals surface area contributed by atoms with E-state index < -0.39 is 0 Å². The SMILES string of the molecule is COc1ccccc1-c1nc(C)c(CC(=O)N2CCc3ccccc3C2)s1. The molecule has 0 saturated heterocycles. The molecule has 0 atom stereocenters. The lowest BCUT2D eigenvalue weighted by Gasteiger charge is -2.28. The summed E-state index contributed by atoms with van der Waals surface area (Å²) in [5.41, 5.74) is 4.51. The van der Waals surface area contributed by atoms with Gasteiger partial charge in [0.2, 0.25) is 5.91 Å². The van der Waals surface area contributed by atoms with Crippen LogP contribution in [0.5, 0.6) is 5.75 Å². The van der Waals surface area contributed by atoms with E-state index in [2.05, 4.69) is 18.2 Å². The number of para-hydroxylation sites is 1. The summed E-state index contributed by atoms with van der Waals surface area (Å²) in [6, 6.07) is 16.2. The second kappa shape index (κ2) is 7.53. The van der Waals surface area contributed by atoms with Gasteiger partial charge in [-0.1, -0.05) is 36.4 Å². The number of amides is 1. The van der Waals surface area contributed by atoms with Crippen LogP contribution in [-0.2, 0) is 24.2 Å². The van der Waals surface area contributed by atoms with Crippen molar-refractivity contribution >= 4 is 17.2 Å². The summed E-state index contributed by atoms with van der Waals surface area (Å²) in [6.45, 7) is 3.46. The van der Waals surface area contributed by atoms with Gasteiger partial charge in [-0.15, -0.1) is 11.3 Å². The molecule has 1 aliphatic heterocycles. The minimum atomic E-state index is 0.169. The molecule has 0 saturated carbocycles. The lowest BCUT2D eigenvalue weighted by molar-refractivity contribution is -0.131. The maximum atomic E-state index is 12.9. The number of thiazole rings is 1. The average Bonchev–Trinajstić information content (AvgIpc) is 3.07. The number of carbonyl (C=O) groups excluding carboxylic acids is 1. The molecule has 0 fully saturated rings. The largest absolute Gasteiger partial charge is 0.496 e. The highest BCUT2D eigenvalue weighted by Crippen LogP contribution is 2.34. The molecule has 4 nitrogen and oxygen atoms in total. The zero-order valence-electron chi connectivity index (χ0n) is 15.6. The minimum absolute atomic E-state index is 0.169. The Morgan fingerprint density at radius 1 is 1.15 bits per heavy atom. The van der Waals surface area contributed by atoms with E-state index in [1.54, 1.807) is 18.4 Å². The first-order valence-corrected chi connectivity index (χ1v) is 9.91. The third kappa shape index (κ3) is 3.60. The Hall–Kier alpha value is -2.66. The number of rotatable bonds is 4. The number of hydrogen-bond donors (Lipinski definition) is 0. The molecule has 4 rings (SSSR count). The lowest BCUT2D eigenvalue weighted by atomic mass is 10.00. The molecule has 0 aliphatic carbocycles. The summed E-state index contributed by atoms with van der Waals surface area (Å²) in [7, 11) is 1.66. The molecule has 0 unspecified atom stereocenters. The standard InChI is InChI=1S/C22H22N2O2S/c1-15-20(27-22(23-15)18-9-5-6-10-19(18)26-2)13-21(25)24-12-11-16-7-3-4-8-17(16)14-24/h3-10H,11-14H2,1-2H3. The monoisotopic (exact) mass is 378 g/mol. The van der Waals surface area contributed by atoms with Crippen LogP contribution in [0.15, 0.2) is 48.5 Å². The number of aryl methyl sites for hydroxylation is 1. The van der Waals surface area contributed by atoms with Crippen molar-refractivity contribution in [2.45, 2.75) is 26.3 Å². The van der Waals surface area contributed by atoms with Gasteiger partial charge in [0.15, 0.2) is 0 Å². The van der Waals surface area contributed by atoms with E-state index in [1.807, 2.05) is 42.2 Å². The number of carbonyl (C=O) groups is 1. The fourth-order valence-corrected chi connectivity index (χ4v) is 4.57. The predicted molar refractivity (Wildman–Crippen MR) is 108 cm³/mol. The summed E-state index contributed by atoms with van der Waals surface area (Å²) in [4.78, 5) is 20.6. The molecule has 1 aliphatic rings. The van der Waals surface area contributed by atoms with Gasteiger partial charge in [0.05, 0.1) is 24.8 Å². The van der Waals surface area contributed by atoms with Crippen molar-refractivity contribution in [3.63, 3.8) is 0 Å². The van der Waals surface area contributed by atoms with Gasteiger partial charge in [0.25, 0.3) is 0 Å². The highest BCUT2D eigenvalue weighted by molar-refractivity contribution is 7.15. The maximum Gasteiger partial charge on any atom is 0.228 e. The summed E-state index contributed by atoms with van der Waals surface area (Å²) < 4.78 is 5.45. The molecular formula is C22H22N2O2S. The van der Waals surface area contributed by atoms with Crippen LogP contribution in [0, 0.1) is 6.92 Å². The van der Waals surface area contributed by atoms with E-state index >= 15 is 0 Å². The highest BCUT2D eigenvalue weighted by Gasteiger charge is 2.22. The van der Waals surface area contributed by atoms with Gasteiger partial charge in [-0.05, 0) is 36.6 Å². The van der Waals surface area contributed by atoms with E-state index in [-0.39, 0.29) is 5.91 Å². The zero-order chi connectivity index (χ0) is 18.8. The predicted octanol–water partition coefficient (Wildman–Crippen LogP) is 4.25. The van der Waals surface area contributed by atoms with E-state index in [0.717, 1.165) is 39.9 Å². The van der Waals surface area contributed by atoms with Crippen LogP contribution in [0.1, 0.15) is 21.7 Å². The van der Waals surface area contributed by atoms with Crippen molar-refractivity contribution in [1.29, 1.82) is 0 Å². The number of benzene rings is 2. The van der Waals surface area contributed by atoms with E-state index in [0.29, 0.717) is 13.0 Å². The quantitative estimate of drug-likeness (QED) is 0.681. The normalized spacial score (nSPS) is 13.3. The number of fused-ring (bicyclic) bond motifs is 1. The van der Waals surface area contributed by atoms with Crippen LogP contribution in [-0.4, -0.2) is 29.4 Å². The lowest BCUT2D eigenvalue weighted by Crippen LogP contribution is -2.36. The number of hydrogen-bond acceptors (Lipinski definition) is 4. The topological polar surface area (TPSA) is 42.4 Å². The average molecular weight is 378 g/mol. The number of aromatic nitrogens is 1. The number of ether oxygens (including phenoxy) is 1. The van der Waals surface area contributed by atoms with Crippen LogP contribution in [0.3, 0.4) is 0 Å². The van der Waals surface area contributed by atoms with Crippen molar-refractivity contribution in [2.75, 3.05) is 13.7 Å².